The van der Waals surface area contributed by atoms with E-state index in [1.807, 2.05) is 85.8 Å². The Labute approximate surface area is 195 Å². The molecule has 164 valence electrons. The highest BCUT2D eigenvalue weighted by Crippen LogP contribution is 2.42. The summed E-state index contributed by atoms with van der Waals surface area (Å²) < 4.78 is 7.86. The minimum atomic E-state index is -0.277. The van der Waals surface area contributed by atoms with Gasteiger partial charge in [-0.2, -0.15) is 10.1 Å². The summed E-state index contributed by atoms with van der Waals surface area (Å²) in [5.41, 5.74) is 11.8. The second-order valence-electron chi connectivity index (χ2n) is 8.10. The standard InChI is InChI=1S/C28H20N4O2/c1-17-21-22(18-11-5-2-6-12-18)23-24(29)26(25(33)19-13-7-3-8-14-19)34-28(23)30-27(21)32(31-17)20-15-9-4-10-16-20/h2-16H,29H2,1H3. The molecule has 6 heteroatoms. The molecule has 3 heterocycles. The number of para-hydroxylation sites is 1. The van der Waals surface area contributed by atoms with Gasteiger partial charge in [0.15, 0.2) is 5.65 Å². The molecule has 0 aliphatic heterocycles. The van der Waals surface area contributed by atoms with Crippen molar-refractivity contribution < 1.29 is 9.21 Å². The van der Waals surface area contributed by atoms with Gasteiger partial charge in [0.05, 0.1) is 27.8 Å². The Morgan fingerprint density at radius 3 is 2.15 bits per heavy atom. The lowest BCUT2D eigenvalue weighted by Gasteiger charge is -2.08. The fourth-order valence-electron chi connectivity index (χ4n) is 4.42. The van der Waals surface area contributed by atoms with Gasteiger partial charge in [-0.05, 0) is 24.6 Å². The number of nitrogens with two attached hydrogens (primary N) is 1. The lowest BCUT2D eigenvalue weighted by Crippen LogP contribution is -2.02. The Kier molecular flexibility index (Phi) is 4.52. The third-order valence-corrected chi connectivity index (χ3v) is 5.98. The van der Waals surface area contributed by atoms with E-state index in [1.165, 1.54) is 0 Å². The number of furan rings is 1. The first kappa shape index (κ1) is 19.9. The monoisotopic (exact) mass is 444 g/mol. The van der Waals surface area contributed by atoms with E-state index < -0.39 is 0 Å². The van der Waals surface area contributed by atoms with E-state index in [2.05, 4.69) is 0 Å². The van der Waals surface area contributed by atoms with Gasteiger partial charge in [-0.15, -0.1) is 0 Å². The van der Waals surface area contributed by atoms with Crippen LogP contribution in [0.15, 0.2) is 95.4 Å². The van der Waals surface area contributed by atoms with E-state index in [1.54, 1.807) is 16.8 Å². The number of aromatic nitrogens is 3. The number of fused-ring (bicyclic) bond motifs is 2. The minimum absolute atomic E-state index is 0.0930. The predicted molar refractivity (Wildman–Crippen MR) is 133 cm³/mol. The van der Waals surface area contributed by atoms with Crippen LogP contribution in [-0.2, 0) is 0 Å². The molecule has 0 bridgehead atoms. The third-order valence-electron chi connectivity index (χ3n) is 5.98. The predicted octanol–water partition coefficient (Wildman–Crippen LogP) is 5.96. The van der Waals surface area contributed by atoms with Gasteiger partial charge in [-0.1, -0.05) is 78.9 Å². The normalized spacial score (nSPS) is 11.3. The van der Waals surface area contributed by atoms with Crippen LogP contribution in [0.3, 0.4) is 0 Å². The maximum Gasteiger partial charge on any atom is 0.231 e. The summed E-state index contributed by atoms with van der Waals surface area (Å²) >= 11 is 0. The van der Waals surface area contributed by atoms with E-state index in [9.17, 15) is 4.79 Å². The highest BCUT2D eigenvalue weighted by atomic mass is 16.4. The third kappa shape index (κ3) is 3.00. The molecule has 34 heavy (non-hydrogen) atoms. The first-order valence-electron chi connectivity index (χ1n) is 11.0. The van der Waals surface area contributed by atoms with Crippen LogP contribution in [0.2, 0.25) is 0 Å². The second-order valence-corrected chi connectivity index (χ2v) is 8.10. The molecule has 0 fully saturated rings. The molecule has 0 amide bonds. The Bertz CT molecular complexity index is 1670. The van der Waals surface area contributed by atoms with Gasteiger partial charge >= 0.3 is 0 Å². The van der Waals surface area contributed by atoms with Crippen molar-refractivity contribution in [3.63, 3.8) is 0 Å². The summed E-state index contributed by atoms with van der Waals surface area (Å²) in [5, 5.41) is 6.28. The number of carbonyl (C=O) groups is 1. The second kappa shape index (κ2) is 7.71. The fourth-order valence-corrected chi connectivity index (χ4v) is 4.42. The molecule has 0 aliphatic carbocycles. The van der Waals surface area contributed by atoms with Gasteiger partial charge in [0.2, 0.25) is 17.3 Å². The van der Waals surface area contributed by atoms with Crippen molar-refractivity contribution in [2.24, 2.45) is 0 Å². The molecular formula is C28H20N4O2. The zero-order valence-corrected chi connectivity index (χ0v) is 18.4. The summed E-state index contributed by atoms with van der Waals surface area (Å²) in [7, 11) is 0. The van der Waals surface area contributed by atoms with Crippen molar-refractivity contribution in [1.82, 2.24) is 14.8 Å². The average molecular weight is 444 g/mol. The Morgan fingerprint density at radius 1 is 0.853 bits per heavy atom. The molecule has 0 spiro atoms. The maximum absolute atomic E-state index is 13.3. The van der Waals surface area contributed by atoms with Crippen molar-refractivity contribution in [2.75, 3.05) is 5.73 Å². The zero-order chi connectivity index (χ0) is 23.2. The number of rotatable bonds is 4. The number of anilines is 1. The van der Waals surface area contributed by atoms with Crippen LogP contribution in [0.25, 0.3) is 38.9 Å². The van der Waals surface area contributed by atoms with E-state index in [4.69, 9.17) is 20.2 Å². The molecule has 0 atom stereocenters. The van der Waals surface area contributed by atoms with E-state index in [0.717, 1.165) is 27.9 Å². The number of aryl methyl sites for hydroxylation is 1. The van der Waals surface area contributed by atoms with Crippen molar-refractivity contribution >= 4 is 33.6 Å². The number of nitrogen functional groups attached to an aromatic ring is 1. The van der Waals surface area contributed by atoms with Crippen LogP contribution in [0.4, 0.5) is 5.69 Å². The van der Waals surface area contributed by atoms with E-state index in [0.29, 0.717) is 22.3 Å². The van der Waals surface area contributed by atoms with Crippen LogP contribution in [-0.4, -0.2) is 20.5 Å². The smallest absolute Gasteiger partial charge is 0.231 e. The number of ketones is 1. The quantitative estimate of drug-likeness (QED) is 0.339. The van der Waals surface area contributed by atoms with Crippen LogP contribution < -0.4 is 5.73 Å². The molecular weight excluding hydrogens is 424 g/mol. The highest BCUT2D eigenvalue weighted by Gasteiger charge is 2.27. The molecule has 3 aromatic heterocycles. The molecule has 0 unspecified atom stereocenters. The number of pyridine rings is 1. The molecule has 0 saturated heterocycles. The zero-order valence-electron chi connectivity index (χ0n) is 18.4. The number of nitrogens with zero attached hydrogens (tertiary/aromatic N) is 3. The molecule has 2 N–H and O–H groups in total. The molecule has 3 aromatic carbocycles. The summed E-state index contributed by atoms with van der Waals surface area (Å²) in [6.07, 6.45) is 0. The van der Waals surface area contributed by atoms with E-state index >= 15 is 0 Å². The summed E-state index contributed by atoms with van der Waals surface area (Å²) in [4.78, 5) is 18.1. The van der Waals surface area contributed by atoms with Crippen LogP contribution in [0, 0.1) is 6.92 Å². The Hall–Kier alpha value is -4.71. The molecule has 0 radical (unpaired) electrons. The summed E-state index contributed by atoms with van der Waals surface area (Å²) in [6.45, 7) is 1.95. The highest BCUT2D eigenvalue weighted by molar-refractivity contribution is 6.19. The van der Waals surface area contributed by atoms with Gasteiger partial charge < -0.3 is 10.2 Å². The molecule has 6 nitrogen and oxygen atoms in total. The maximum atomic E-state index is 13.3. The van der Waals surface area contributed by atoms with Gasteiger partial charge in [0, 0.05) is 11.1 Å². The molecule has 0 saturated carbocycles. The van der Waals surface area contributed by atoms with Gasteiger partial charge in [0.25, 0.3) is 0 Å². The number of benzene rings is 3. The SMILES string of the molecule is Cc1nn(-c2ccccc2)c2nc3oc(C(=O)c4ccccc4)c(N)c3c(-c3ccccc3)c12. The summed E-state index contributed by atoms with van der Waals surface area (Å²) in [6, 6.07) is 28.7. The fraction of sp³-hybridized carbons (Fsp3) is 0.0357. The van der Waals surface area contributed by atoms with Crippen molar-refractivity contribution in [1.29, 1.82) is 0 Å². The molecule has 6 aromatic rings. The molecule has 6 rings (SSSR count). The van der Waals surface area contributed by atoms with Crippen LogP contribution in [0.1, 0.15) is 21.8 Å². The van der Waals surface area contributed by atoms with Crippen molar-refractivity contribution in [3.8, 4) is 16.8 Å². The number of carbonyl (C=O) groups excluding carboxylic acids is 1. The largest absolute Gasteiger partial charge is 0.432 e. The lowest BCUT2D eigenvalue weighted by atomic mass is 9.97. The number of hydrogen-bond acceptors (Lipinski definition) is 5. The minimum Gasteiger partial charge on any atom is -0.432 e. The average Bonchev–Trinajstić information content (AvgIpc) is 3.40. The van der Waals surface area contributed by atoms with Crippen molar-refractivity contribution in [3.05, 3.63) is 108 Å². The van der Waals surface area contributed by atoms with Crippen molar-refractivity contribution in [2.45, 2.75) is 6.92 Å². The summed E-state index contributed by atoms with van der Waals surface area (Å²) in [5.74, 6) is -0.184. The van der Waals surface area contributed by atoms with Crippen LogP contribution >= 0.6 is 0 Å². The van der Waals surface area contributed by atoms with Gasteiger partial charge in [-0.3, -0.25) is 4.79 Å². The Balaban J connectivity index is 1.72. The molecule has 0 aliphatic rings. The van der Waals surface area contributed by atoms with E-state index in [-0.39, 0.29) is 17.2 Å². The first-order valence-corrected chi connectivity index (χ1v) is 11.0. The van der Waals surface area contributed by atoms with Gasteiger partial charge in [0.1, 0.15) is 0 Å². The Morgan fingerprint density at radius 2 is 1.47 bits per heavy atom. The van der Waals surface area contributed by atoms with Crippen LogP contribution in [0.5, 0.6) is 0 Å². The first-order chi connectivity index (χ1) is 16.6. The lowest BCUT2D eigenvalue weighted by molar-refractivity contribution is 0.101. The number of hydrogen-bond donors (Lipinski definition) is 1. The van der Waals surface area contributed by atoms with Gasteiger partial charge in [-0.25, -0.2) is 4.68 Å². The topological polar surface area (TPSA) is 86.9 Å².